The number of halogens is 3. The Hall–Kier alpha value is -1.20. The molecule has 0 spiro atoms. The van der Waals surface area contributed by atoms with Gasteiger partial charge >= 0.3 is 0 Å². The molecule has 2 rings (SSSR count). The van der Waals surface area contributed by atoms with Crippen molar-refractivity contribution in [2.24, 2.45) is 17.6 Å². The van der Waals surface area contributed by atoms with E-state index in [-0.39, 0.29) is 30.2 Å². The normalized spacial score (nSPS) is 22.0. The summed E-state index contributed by atoms with van der Waals surface area (Å²) in [6.45, 7) is 2.36. The highest BCUT2D eigenvalue weighted by Crippen LogP contribution is 2.32. The van der Waals surface area contributed by atoms with Gasteiger partial charge in [0.2, 0.25) is 5.91 Å². The predicted molar refractivity (Wildman–Crippen MR) is 84.7 cm³/mol. The van der Waals surface area contributed by atoms with Gasteiger partial charge < -0.3 is 11.1 Å². The summed E-state index contributed by atoms with van der Waals surface area (Å²) in [5.41, 5.74) is 6.02. The maximum atomic E-state index is 13.8. The number of nitrogens with one attached hydrogen (secondary N) is 1. The van der Waals surface area contributed by atoms with Crippen LogP contribution in [-0.2, 0) is 4.79 Å². The van der Waals surface area contributed by atoms with Crippen molar-refractivity contribution in [1.29, 1.82) is 0 Å². The molecular formula is C16H23ClF2N2O. The second-order valence-electron chi connectivity index (χ2n) is 5.67. The first-order chi connectivity index (χ1) is 10.1. The van der Waals surface area contributed by atoms with Crippen LogP contribution in [0.5, 0.6) is 0 Å². The Morgan fingerprint density at radius 3 is 2.73 bits per heavy atom. The second kappa shape index (κ2) is 8.44. The van der Waals surface area contributed by atoms with Crippen LogP contribution < -0.4 is 11.1 Å². The zero-order chi connectivity index (χ0) is 15.4. The van der Waals surface area contributed by atoms with Gasteiger partial charge in [-0.3, -0.25) is 4.79 Å². The van der Waals surface area contributed by atoms with Crippen LogP contribution >= 0.6 is 12.4 Å². The Balaban J connectivity index is 0.00000242. The van der Waals surface area contributed by atoms with E-state index in [9.17, 15) is 13.6 Å². The van der Waals surface area contributed by atoms with E-state index in [2.05, 4.69) is 5.32 Å². The van der Waals surface area contributed by atoms with Crippen LogP contribution in [-0.4, -0.2) is 12.5 Å². The van der Waals surface area contributed by atoms with Crippen molar-refractivity contribution in [3.05, 3.63) is 35.4 Å². The number of benzene rings is 1. The fourth-order valence-corrected chi connectivity index (χ4v) is 3.13. The minimum Gasteiger partial charge on any atom is -0.349 e. The van der Waals surface area contributed by atoms with E-state index < -0.39 is 17.7 Å². The minimum atomic E-state index is -0.621. The monoisotopic (exact) mass is 332 g/mol. The fourth-order valence-electron chi connectivity index (χ4n) is 3.13. The van der Waals surface area contributed by atoms with E-state index in [4.69, 9.17) is 5.73 Å². The number of carbonyl (C=O) groups is 1. The molecule has 1 aromatic rings. The van der Waals surface area contributed by atoms with Crippen LogP contribution in [0, 0.1) is 23.5 Å². The zero-order valence-electron chi connectivity index (χ0n) is 12.6. The Morgan fingerprint density at radius 1 is 1.41 bits per heavy atom. The zero-order valence-corrected chi connectivity index (χ0v) is 13.5. The molecule has 1 unspecified atom stereocenters. The van der Waals surface area contributed by atoms with Crippen molar-refractivity contribution in [3.63, 3.8) is 0 Å². The predicted octanol–water partition coefficient (Wildman–Crippen LogP) is 3.33. The number of nitrogens with two attached hydrogens (primary N) is 1. The maximum Gasteiger partial charge on any atom is 0.223 e. The molecule has 1 fully saturated rings. The third-order valence-corrected chi connectivity index (χ3v) is 4.36. The van der Waals surface area contributed by atoms with Crippen molar-refractivity contribution >= 4 is 18.3 Å². The van der Waals surface area contributed by atoms with Crippen molar-refractivity contribution in [2.75, 3.05) is 6.54 Å². The summed E-state index contributed by atoms with van der Waals surface area (Å²) in [7, 11) is 0. The van der Waals surface area contributed by atoms with Crippen molar-refractivity contribution < 1.29 is 13.6 Å². The molecule has 3 atom stereocenters. The van der Waals surface area contributed by atoms with E-state index in [1.54, 1.807) is 0 Å². The van der Waals surface area contributed by atoms with Crippen LogP contribution in [0.2, 0.25) is 0 Å². The lowest BCUT2D eigenvalue weighted by Crippen LogP contribution is -2.37. The van der Waals surface area contributed by atoms with E-state index in [0.29, 0.717) is 18.5 Å². The maximum absolute atomic E-state index is 13.8. The first kappa shape index (κ1) is 18.8. The first-order valence-electron chi connectivity index (χ1n) is 7.52. The molecule has 0 aliphatic heterocycles. The van der Waals surface area contributed by atoms with Gasteiger partial charge in [-0.25, -0.2) is 8.78 Å². The lowest BCUT2D eigenvalue weighted by atomic mass is 9.94. The first-order valence-corrected chi connectivity index (χ1v) is 7.52. The quantitative estimate of drug-likeness (QED) is 0.869. The molecule has 6 heteroatoms. The Kier molecular flexibility index (Phi) is 7.23. The second-order valence-corrected chi connectivity index (χ2v) is 5.67. The molecule has 124 valence electrons. The van der Waals surface area contributed by atoms with Crippen LogP contribution in [0.15, 0.2) is 18.2 Å². The Morgan fingerprint density at radius 2 is 2.14 bits per heavy atom. The molecule has 0 saturated heterocycles. The SMILES string of the molecule is CCC(NC(=O)[C@@H]1CCC[C@@H]1CN)c1ccc(F)cc1F.Cl. The van der Waals surface area contributed by atoms with Gasteiger partial charge in [0.25, 0.3) is 0 Å². The highest BCUT2D eigenvalue weighted by Gasteiger charge is 2.33. The summed E-state index contributed by atoms with van der Waals surface area (Å²) in [4.78, 5) is 12.4. The third kappa shape index (κ3) is 4.17. The number of hydrogen-bond donors (Lipinski definition) is 2. The molecule has 0 aromatic heterocycles. The summed E-state index contributed by atoms with van der Waals surface area (Å²) < 4.78 is 26.8. The molecule has 3 nitrogen and oxygen atoms in total. The smallest absolute Gasteiger partial charge is 0.223 e. The number of carbonyl (C=O) groups excluding carboxylic acids is 1. The molecule has 1 aliphatic rings. The van der Waals surface area contributed by atoms with Gasteiger partial charge in [0.15, 0.2) is 0 Å². The lowest BCUT2D eigenvalue weighted by Gasteiger charge is -2.23. The van der Waals surface area contributed by atoms with Gasteiger partial charge in [0.05, 0.1) is 6.04 Å². The van der Waals surface area contributed by atoms with Gasteiger partial charge in [-0.15, -0.1) is 12.4 Å². The molecule has 1 saturated carbocycles. The highest BCUT2D eigenvalue weighted by molar-refractivity contribution is 5.85. The summed E-state index contributed by atoms with van der Waals surface area (Å²) in [6, 6.07) is 3.03. The van der Waals surface area contributed by atoms with Crippen LogP contribution in [0.3, 0.4) is 0 Å². The largest absolute Gasteiger partial charge is 0.349 e. The molecule has 3 N–H and O–H groups in total. The average molecular weight is 333 g/mol. The van der Waals surface area contributed by atoms with E-state index in [1.807, 2.05) is 6.92 Å². The van der Waals surface area contributed by atoms with Gasteiger partial charge in [-0.1, -0.05) is 19.4 Å². The molecule has 0 bridgehead atoms. The molecule has 22 heavy (non-hydrogen) atoms. The minimum absolute atomic E-state index is 0. The van der Waals surface area contributed by atoms with E-state index >= 15 is 0 Å². The highest BCUT2D eigenvalue weighted by atomic mass is 35.5. The molecule has 0 radical (unpaired) electrons. The van der Waals surface area contributed by atoms with Gasteiger partial charge in [0, 0.05) is 17.5 Å². The Labute approximate surface area is 136 Å². The Bertz CT molecular complexity index is 513. The summed E-state index contributed by atoms with van der Waals surface area (Å²) in [5.74, 6) is -1.19. The summed E-state index contributed by atoms with van der Waals surface area (Å²) >= 11 is 0. The van der Waals surface area contributed by atoms with Crippen molar-refractivity contribution in [3.8, 4) is 0 Å². The average Bonchev–Trinajstić information content (AvgIpc) is 2.93. The van der Waals surface area contributed by atoms with Gasteiger partial charge in [0.1, 0.15) is 11.6 Å². The summed E-state index contributed by atoms with van der Waals surface area (Å²) in [5, 5.41) is 2.89. The van der Waals surface area contributed by atoms with Crippen LogP contribution in [0.25, 0.3) is 0 Å². The third-order valence-electron chi connectivity index (χ3n) is 4.36. The number of hydrogen-bond acceptors (Lipinski definition) is 2. The van der Waals surface area contributed by atoms with Gasteiger partial charge in [-0.05, 0) is 37.8 Å². The van der Waals surface area contributed by atoms with Crippen molar-refractivity contribution in [2.45, 2.75) is 38.6 Å². The molecule has 1 amide bonds. The van der Waals surface area contributed by atoms with Crippen LogP contribution in [0.4, 0.5) is 8.78 Å². The van der Waals surface area contributed by atoms with E-state index in [1.165, 1.54) is 12.1 Å². The molecule has 0 heterocycles. The fraction of sp³-hybridized carbons (Fsp3) is 0.562. The topological polar surface area (TPSA) is 55.1 Å². The standard InChI is InChI=1S/C16H22F2N2O.ClH/c1-2-15(13-7-6-11(17)8-14(13)18)20-16(21)12-5-3-4-10(12)9-19;/h6-8,10,12,15H,2-5,9,19H2,1H3,(H,20,21);1H/t10-,12-,15?;/m1./s1. The van der Waals surface area contributed by atoms with Crippen molar-refractivity contribution in [1.82, 2.24) is 5.32 Å². The molecular weight excluding hydrogens is 310 g/mol. The van der Waals surface area contributed by atoms with Crippen LogP contribution in [0.1, 0.15) is 44.2 Å². The summed E-state index contributed by atoms with van der Waals surface area (Å²) in [6.07, 6.45) is 3.35. The number of rotatable bonds is 5. The molecule has 1 aromatic carbocycles. The number of amides is 1. The lowest BCUT2D eigenvalue weighted by molar-refractivity contribution is -0.126. The molecule has 1 aliphatic carbocycles. The van der Waals surface area contributed by atoms with Gasteiger partial charge in [-0.2, -0.15) is 0 Å². The van der Waals surface area contributed by atoms with E-state index in [0.717, 1.165) is 25.3 Å².